The van der Waals surface area contributed by atoms with Crippen LogP contribution in [0.2, 0.25) is 0 Å². The van der Waals surface area contributed by atoms with E-state index in [2.05, 4.69) is 10.6 Å². The molecule has 0 spiro atoms. The zero-order valence-electron chi connectivity index (χ0n) is 16.0. The van der Waals surface area contributed by atoms with Crippen LogP contribution in [0.1, 0.15) is 18.1 Å². The van der Waals surface area contributed by atoms with Gasteiger partial charge in [0.25, 0.3) is 0 Å². The number of nitrogens with one attached hydrogen (secondary N) is 2. The van der Waals surface area contributed by atoms with Crippen molar-refractivity contribution < 1.29 is 29.0 Å². The van der Waals surface area contributed by atoms with Crippen molar-refractivity contribution in [2.45, 2.75) is 32.3 Å². The summed E-state index contributed by atoms with van der Waals surface area (Å²) in [4.78, 5) is 35.9. The Balaban J connectivity index is 1.74. The van der Waals surface area contributed by atoms with E-state index in [1.165, 1.54) is 6.92 Å². The van der Waals surface area contributed by atoms with Gasteiger partial charge in [0, 0.05) is 0 Å². The molecule has 0 aromatic heterocycles. The van der Waals surface area contributed by atoms with Crippen molar-refractivity contribution in [3.63, 3.8) is 0 Å². The van der Waals surface area contributed by atoms with Crippen LogP contribution < -0.4 is 10.6 Å². The largest absolute Gasteiger partial charge is 0.459 e. The maximum atomic E-state index is 12.2. The van der Waals surface area contributed by atoms with Crippen molar-refractivity contribution in [1.29, 1.82) is 0 Å². The highest BCUT2D eigenvalue weighted by Gasteiger charge is 2.27. The lowest BCUT2D eigenvalue weighted by molar-refractivity contribution is -0.152. The molecule has 0 unspecified atom stereocenters. The number of benzene rings is 2. The molecule has 29 heavy (non-hydrogen) atoms. The molecule has 0 aliphatic heterocycles. The Kier molecular flexibility index (Phi) is 8.65. The van der Waals surface area contributed by atoms with Gasteiger partial charge in [-0.2, -0.15) is 0 Å². The Hall–Kier alpha value is -3.39. The summed E-state index contributed by atoms with van der Waals surface area (Å²) in [5, 5.41) is 14.4. The van der Waals surface area contributed by atoms with Crippen molar-refractivity contribution in [2.75, 3.05) is 6.54 Å². The van der Waals surface area contributed by atoms with Gasteiger partial charge in [-0.3, -0.25) is 4.79 Å². The second-order valence-electron chi connectivity index (χ2n) is 6.29. The molecule has 0 saturated carbocycles. The lowest BCUT2D eigenvalue weighted by Gasteiger charge is -2.20. The number of rotatable bonds is 9. The van der Waals surface area contributed by atoms with Crippen LogP contribution >= 0.6 is 0 Å². The summed E-state index contributed by atoms with van der Waals surface area (Å²) in [7, 11) is 0. The van der Waals surface area contributed by atoms with Gasteiger partial charge in [0.05, 0.1) is 6.10 Å². The van der Waals surface area contributed by atoms with Crippen LogP contribution in [0, 0.1) is 0 Å². The average molecular weight is 400 g/mol. The lowest BCUT2D eigenvalue weighted by Crippen LogP contribution is -2.51. The third kappa shape index (κ3) is 8.02. The summed E-state index contributed by atoms with van der Waals surface area (Å²) >= 11 is 0. The smallest absolute Gasteiger partial charge is 0.407 e. The van der Waals surface area contributed by atoms with Crippen molar-refractivity contribution in [3.05, 3.63) is 71.8 Å². The molecule has 2 amide bonds. The first-order valence-corrected chi connectivity index (χ1v) is 9.08. The van der Waals surface area contributed by atoms with Gasteiger partial charge < -0.3 is 25.2 Å². The van der Waals surface area contributed by atoms with E-state index in [-0.39, 0.29) is 13.2 Å². The summed E-state index contributed by atoms with van der Waals surface area (Å²) in [5.41, 5.74) is 1.58. The number of carbonyl (C=O) groups is 3. The van der Waals surface area contributed by atoms with Crippen LogP contribution in [0.15, 0.2) is 60.7 Å². The van der Waals surface area contributed by atoms with E-state index in [0.717, 1.165) is 11.1 Å². The molecule has 0 bridgehead atoms. The fraction of sp³-hybridized carbons (Fsp3) is 0.286. The number of hydrogen-bond donors (Lipinski definition) is 3. The van der Waals surface area contributed by atoms with E-state index in [1.54, 1.807) is 36.4 Å². The molecule has 2 rings (SSSR count). The first kappa shape index (κ1) is 21.9. The zero-order valence-corrected chi connectivity index (χ0v) is 16.0. The second-order valence-corrected chi connectivity index (χ2v) is 6.29. The van der Waals surface area contributed by atoms with Crippen molar-refractivity contribution in [3.8, 4) is 0 Å². The van der Waals surface area contributed by atoms with Crippen LogP contribution in [0.5, 0.6) is 0 Å². The number of carbonyl (C=O) groups excluding carboxylic acids is 3. The molecule has 8 heteroatoms. The SMILES string of the molecule is C[C@@H](O)[C@H](NC(=O)CNC(=O)OCc1ccccc1)C(=O)OCc1ccccc1. The normalized spacial score (nSPS) is 12.3. The minimum atomic E-state index is -1.26. The molecule has 0 aliphatic carbocycles. The Labute approximate surface area is 168 Å². The van der Waals surface area contributed by atoms with Gasteiger partial charge >= 0.3 is 12.1 Å². The van der Waals surface area contributed by atoms with Crippen LogP contribution in [-0.4, -0.2) is 41.8 Å². The van der Waals surface area contributed by atoms with Gasteiger partial charge in [0.2, 0.25) is 5.91 Å². The highest BCUT2D eigenvalue weighted by Crippen LogP contribution is 2.04. The maximum absolute atomic E-state index is 12.2. The lowest BCUT2D eigenvalue weighted by atomic mass is 10.2. The minimum Gasteiger partial charge on any atom is -0.459 e. The molecule has 0 heterocycles. The number of amides is 2. The van der Waals surface area contributed by atoms with E-state index < -0.39 is 36.7 Å². The fourth-order valence-corrected chi connectivity index (χ4v) is 2.35. The highest BCUT2D eigenvalue weighted by atomic mass is 16.5. The Morgan fingerprint density at radius 2 is 1.41 bits per heavy atom. The monoisotopic (exact) mass is 400 g/mol. The van der Waals surface area contributed by atoms with E-state index >= 15 is 0 Å². The maximum Gasteiger partial charge on any atom is 0.407 e. The van der Waals surface area contributed by atoms with E-state index in [4.69, 9.17) is 9.47 Å². The molecule has 2 atom stereocenters. The van der Waals surface area contributed by atoms with Gasteiger partial charge in [0.1, 0.15) is 19.8 Å². The molecule has 154 valence electrons. The van der Waals surface area contributed by atoms with E-state index in [9.17, 15) is 19.5 Å². The zero-order chi connectivity index (χ0) is 21.1. The van der Waals surface area contributed by atoms with Gasteiger partial charge in [-0.25, -0.2) is 9.59 Å². The Bertz CT molecular complexity index is 795. The number of ether oxygens (including phenoxy) is 2. The standard InChI is InChI=1S/C21H24N2O6/c1-15(24)19(20(26)28-13-16-8-4-2-5-9-16)23-18(25)12-22-21(27)29-14-17-10-6-3-7-11-17/h2-11,15,19,24H,12-14H2,1H3,(H,22,27)(H,23,25)/t15-,19+/m1/s1. The highest BCUT2D eigenvalue weighted by molar-refractivity contribution is 5.87. The molecular formula is C21H24N2O6. The molecule has 0 fully saturated rings. The van der Waals surface area contributed by atoms with Crippen LogP contribution in [-0.2, 0) is 32.3 Å². The van der Waals surface area contributed by atoms with Crippen LogP contribution in [0.25, 0.3) is 0 Å². The van der Waals surface area contributed by atoms with Gasteiger partial charge in [-0.15, -0.1) is 0 Å². The molecule has 2 aromatic carbocycles. The second kappa shape index (κ2) is 11.5. The molecule has 8 nitrogen and oxygen atoms in total. The Morgan fingerprint density at radius 1 is 0.897 bits per heavy atom. The first-order chi connectivity index (χ1) is 14.0. The average Bonchev–Trinajstić information content (AvgIpc) is 2.74. The van der Waals surface area contributed by atoms with Crippen LogP contribution in [0.3, 0.4) is 0 Å². The molecule has 2 aromatic rings. The van der Waals surface area contributed by atoms with Crippen LogP contribution in [0.4, 0.5) is 4.79 Å². The third-order valence-electron chi connectivity index (χ3n) is 3.88. The summed E-state index contributed by atoms with van der Waals surface area (Å²) < 4.78 is 10.1. The quantitative estimate of drug-likeness (QED) is 0.550. The van der Waals surface area contributed by atoms with Gasteiger partial charge in [0.15, 0.2) is 6.04 Å². The fourth-order valence-electron chi connectivity index (χ4n) is 2.35. The Morgan fingerprint density at radius 3 is 1.93 bits per heavy atom. The number of aliphatic hydroxyl groups excluding tert-OH is 1. The van der Waals surface area contributed by atoms with E-state index in [0.29, 0.717) is 0 Å². The number of esters is 1. The predicted molar refractivity (Wildman–Crippen MR) is 104 cm³/mol. The number of hydrogen-bond acceptors (Lipinski definition) is 6. The predicted octanol–water partition coefficient (Wildman–Crippen LogP) is 1.52. The van der Waals surface area contributed by atoms with Crippen molar-refractivity contribution in [1.82, 2.24) is 10.6 Å². The van der Waals surface area contributed by atoms with Gasteiger partial charge in [-0.1, -0.05) is 60.7 Å². The van der Waals surface area contributed by atoms with Crippen molar-refractivity contribution in [2.24, 2.45) is 0 Å². The molecule has 0 radical (unpaired) electrons. The summed E-state index contributed by atoms with van der Waals surface area (Å²) in [6.45, 7) is 1.03. The minimum absolute atomic E-state index is 0.0167. The summed E-state index contributed by atoms with van der Waals surface area (Å²) in [6.07, 6.45) is -1.95. The molecule has 0 saturated heterocycles. The van der Waals surface area contributed by atoms with E-state index in [1.807, 2.05) is 24.3 Å². The summed E-state index contributed by atoms with van der Waals surface area (Å²) in [6, 6.07) is 16.8. The molecule has 3 N–H and O–H groups in total. The summed E-state index contributed by atoms with van der Waals surface area (Å²) in [5.74, 6) is -1.44. The third-order valence-corrected chi connectivity index (χ3v) is 3.88. The molecule has 0 aliphatic rings. The van der Waals surface area contributed by atoms with Crippen molar-refractivity contribution >= 4 is 18.0 Å². The number of aliphatic hydroxyl groups is 1. The van der Waals surface area contributed by atoms with Gasteiger partial charge in [-0.05, 0) is 18.1 Å². The first-order valence-electron chi connectivity index (χ1n) is 9.08. The topological polar surface area (TPSA) is 114 Å². The number of alkyl carbamates (subject to hydrolysis) is 1. The molecular weight excluding hydrogens is 376 g/mol.